The van der Waals surface area contributed by atoms with Gasteiger partial charge in [0, 0.05) is 12.5 Å². The lowest BCUT2D eigenvalue weighted by atomic mass is 10.0. The lowest BCUT2D eigenvalue weighted by Gasteiger charge is -2.33. The second kappa shape index (κ2) is 14.4. The van der Waals surface area contributed by atoms with Gasteiger partial charge in [0.15, 0.2) is 5.78 Å². The summed E-state index contributed by atoms with van der Waals surface area (Å²) in [5.74, 6) is -47.1. The molecule has 0 aliphatic heterocycles. The first kappa shape index (κ1) is 43.0. The molecule has 0 radical (unpaired) electrons. The molecular weight excluding hydrogens is 700 g/mol. The Morgan fingerprint density at radius 1 is 0.587 bits per heavy atom. The highest BCUT2D eigenvalue weighted by molar-refractivity contribution is 6.19. The Kier molecular flexibility index (Phi) is 13.5. The highest BCUT2D eigenvalue weighted by Crippen LogP contribution is 2.55. The fourth-order valence-corrected chi connectivity index (χ4v) is 2.86. The number of ketones is 1. The van der Waals surface area contributed by atoms with Crippen LogP contribution in [0.5, 0.6) is 0 Å². The summed E-state index contributed by atoms with van der Waals surface area (Å²) in [6.07, 6.45) is -21.0. The van der Waals surface area contributed by atoms with Crippen LogP contribution in [0.15, 0.2) is 11.6 Å². The van der Waals surface area contributed by atoms with Crippen LogP contribution in [0, 0.1) is 0 Å². The van der Waals surface area contributed by atoms with Crippen LogP contribution in [0.25, 0.3) is 0 Å². The topological polar surface area (TPSA) is 72.9 Å². The number of carbonyl (C=O) groups is 3. The number of nitrogens with zero attached hydrogens (tertiary/aromatic N) is 1. The number of hydrogen-bond acceptors (Lipinski definition) is 6. The van der Waals surface area contributed by atoms with Gasteiger partial charge in [-0.15, -0.1) is 0 Å². The van der Waals surface area contributed by atoms with Crippen molar-refractivity contribution in [2.24, 2.45) is 0 Å². The van der Waals surface area contributed by atoms with Gasteiger partial charge in [-0.25, -0.2) is 9.59 Å². The maximum absolute atomic E-state index is 13.6. The number of esters is 2. The SMILES string of the molecule is CN(C)CCCC(=O)/C(=C/C(=O)OCCC(F)(F)C(F)(F)C(F)(F)C(F)(F)F)C(=O)OCCC(F)(F)C(F)(F)C(F)(F)C(F)(F)F. The molecule has 0 aromatic carbocycles. The average molecular weight is 721 g/mol. The Morgan fingerprint density at radius 3 is 1.30 bits per heavy atom. The van der Waals surface area contributed by atoms with Gasteiger partial charge in [-0.3, -0.25) is 4.79 Å². The van der Waals surface area contributed by atoms with Crippen molar-refractivity contribution < 1.29 is 103 Å². The maximum atomic E-state index is 13.6. The number of ether oxygens (including phenoxy) is 2. The van der Waals surface area contributed by atoms with E-state index in [4.69, 9.17) is 0 Å². The molecule has 0 bridgehead atoms. The Morgan fingerprint density at radius 2 is 0.957 bits per heavy atom. The quantitative estimate of drug-likeness (QED) is 0.0553. The van der Waals surface area contributed by atoms with Crippen molar-refractivity contribution >= 4 is 17.7 Å². The third-order valence-electron chi connectivity index (χ3n) is 5.52. The summed E-state index contributed by atoms with van der Waals surface area (Å²) in [5.41, 5.74) is -1.60. The number of halogens is 18. The van der Waals surface area contributed by atoms with Crippen molar-refractivity contribution in [1.82, 2.24) is 4.90 Å². The molecule has 6 nitrogen and oxygen atoms in total. The Balaban J connectivity index is 5.88. The van der Waals surface area contributed by atoms with Crippen LogP contribution in [-0.4, -0.2) is 104 Å². The zero-order chi connectivity index (χ0) is 37.0. The van der Waals surface area contributed by atoms with Gasteiger partial charge in [-0.05, 0) is 27.1 Å². The molecule has 46 heavy (non-hydrogen) atoms. The van der Waals surface area contributed by atoms with Gasteiger partial charge in [0.25, 0.3) is 0 Å². The molecular formula is C22H21F18NO5. The lowest BCUT2D eigenvalue weighted by molar-refractivity contribution is -0.397. The summed E-state index contributed by atoms with van der Waals surface area (Å²) in [4.78, 5) is 37.8. The second-order valence-corrected chi connectivity index (χ2v) is 9.39. The summed E-state index contributed by atoms with van der Waals surface area (Å²) in [6.45, 7) is -4.15. The average Bonchev–Trinajstić information content (AvgIpc) is 2.84. The Bertz CT molecular complexity index is 1110. The zero-order valence-electron chi connectivity index (χ0n) is 22.8. The first-order chi connectivity index (χ1) is 20.2. The molecule has 0 aliphatic rings. The normalized spacial score (nSPS) is 14.8. The first-order valence-corrected chi connectivity index (χ1v) is 11.8. The Labute approximate surface area is 245 Å². The molecule has 0 saturated carbocycles. The van der Waals surface area contributed by atoms with E-state index < -0.39 is 104 Å². The molecule has 0 heterocycles. The van der Waals surface area contributed by atoms with Gasteiger partial charge in [0.2, 0.25) is 0 Å². The number of hydrogen-bond donors (Lipinski definition) is 0. The van der Waals surface area contributed by atoms with Crippen molar-refractivity contribution in [2.45, 2.75) is 73.6 Å². The van der Waals surface area contributed by atoms with Crippen LogP contribution < -0.4 is 0 Å². The minimum atomic E-state index is -7.30. The molecule has 270 valence electrons. The molecule has 0 aliphatic carbocycles. The predicted molar refractivity (Wildman–Crippen MR) is 114 cm³/mol. The van der Waals surface area contributed by atoms with Crippen LogP contribution in [0.2, 0.25) is 0 Å². The maximum Gasteiger partial charge on any atom is 0.460 e. The molecule has 24 heteroatoms. The first-order valence-electron chi connectivity index (χ1n) is 11.8. The van der Waals surface area contributed by atoms with E-state index in [1.807, 2.05) is 0 Å². The molecule has 0 atom stereocenters. The van der Waals surface area contributed by atoms with Crippen LogP contribution in [0.4, 0.5) is 79.0 Å². The molecule has 0 aromatic heterocycles. The molecule has 0 rings (SSSR count). The summed E-state index contributed by atoms with van der Waals surface area (Å²) >= 11 is 0. The van der Waals surface area contributed by atoms with Gasteiger partial charge >= 0.3 is 59.8 Å². The van der Waals surface area contributed by atoms with Crippen molar-refractivity contribution in [3.63, 3.8) is 0 Å². The van der Waals surface area contributed by atoms with Gasteiger partial charge in [-0.1, -0.05) is 0 Å². The van der Waals surface area contributed by atoms with Crippen molar-refractivity contribution in [1.29, 1.82) is 0 Å². The number of carbonyl (C=O) groups excluding carboxylic acids is 3. The number of Topliss-reactive ketones (excluding diaryl/α,β-unsaturated/α-hetero) is 1. The smallest absolute Gasteiger partial charge is 0.460 e. The van der Waals surface area contributed by atoms with Crippen molar-refractivity contribution in [3.05, 3.63) is 11.6 Å². The molecule has 0 aromatic rings. The molecule has 0 amide bonds. The van der Waals surface area contributed by atoms with E-state index in [1.165, 1.54) is 19.0 Å². The minimum Gasteiger partial charge on any atom is -0.462 e. The molecule has 0 saturated heterocycles. The summed E-state index contributed by atoms with van der Waals surface area (Å²) in [7, 11) is 2.91. The van der Waals surface area contributed by atoms with E-state index in [0.29, 0.717) is 0 Å². The summed E-state index contributed by atoms with van der Waals surface area (Å²) in [6, 6.07) is 0. The number of rotatable bonds is 17. The van der Waals surface area contributed by atoms with Gasteiger partial charge in [0.05, 0.1) is 26.1 Å². The van der Waals surface area contributed by atoms with Crippen LogP contribution >= 0.6 is 0 Å². The lowest BCUT2D eigenvalue weighted by Crippen LogP contribution is -2.61. The largest absolute Gasteiger partial charge is 0.462 e. The molecule has 0 fully saturated rings. The molecule has 0 N–H and O–H groups in total. The van der Waals surface area contributed by atoms with Crippen molar-refractivity contribution in [2.75, 3.05) is 33.9 Å². The monoisotopic (exact) mass is 721 g/mol. The van der Waals surface area contributed by atoms with Crippen LogP contribution in [-0.2, 0) is 23.9 Å². The zero-order valence-corrected chi connectivity index (χ0v) is 22.8. The predicted octanol–water partition coefficient (Wildman–Crippen LogP) is 6.63. The fraction of sp³-hybridized carbons (Fsp3) is 0.773. The minimum absolute atomic E-state index is 0.0547. The third-order valence-corrected chi connectivity index (χ3v) is 5.52. The van der Waals surface area contributed by atoms with Crippen LogP contribution in [0.1, 0.15) is 25.7 Å². The molecule has 0 spiro atoms. The third kappa shape index (κ3) is 9.55. The highest BCUT2D eigenvalue weighted by atomic mass is 19.4. The van der Waals surface area contributed by atoms with E-state index in [9.17, 15) is 93.4 Å². The standard InChI is InChI=1S/C22H21F18NO5/c1-41(2)7-3-4-12(42)11(14(44)46-9-6-16(25,26)18(29,30)20(33,34)22(38,39)40)10-13(43)45-8-5-15(23,24)17(27,28)19(31,32)21(35,36)37/h10H,3-9H2,1-2H3/b11-10-. The fourth-order valence-electron chi connectivity index (χ4n) is 2.86. The molecule has 0 unspecified atom stereocenters. The Hall–Kier alpha value is -2.95. The van der Waals surface area contributed by atoms with Crippen LogP contribution in [0.3, 0.4) is 0 Å². The van der Waals surface area contributed by atoms with Gasteiger partial charge in [0.1, 0.15) is 5.57 Å². The van der Waals surface area contributed by atoms with Gasteiger partial charge in [-0.2, -0.15) is 79.0 Å². The van der Waals surface area contributed by atoms with Gasteiger partial charge < -0.3 is 14.4 Å². The number of alkyl halides is 18. The van der Waals surface area contributed by atoms with Crippen molar-refractivity contribution in [3.8, 4) is 0 Å². The summed E-state index contributed by atoms with van der Waals surface area (Å²) in [5, 5.41) is 0. The summed E-state index contributed by atoms with van der Waals surface area (Å²) < 4.78 is 240. The van der Waals surface area contributed by atoms with E-state index in [-0.39, 0.29) is 19.0 Å². The van der Waals surface area contributed by atoms with E-state index in [2.05, 4.69) is 9.47 Å². The highest BCUT2D eigenvalue weighted by Gasteiger charge is 2.82. The van der Waals surface area contributed by atoms with E-state index in [1.54, 1.807) is 0 Å². The second-order valence-electron chi connectivity index (χ2n) is 9.39. The van der Waals surface area contributed by atoms with E-state index >= 15 is 0 Å². The van der Waals surface area contributed by atoms with E-state index in [0.717, 1.165) is 0 Å².